The Balaban J connectivity index is 1.91. The molecule has 3 aliphatic heterocycles. The smallest absolute Gasteiger partial charge is 0.122 e. The molecule has 80 valence electrons. The SMILES string of the molecule is C1=CSC(C2(C3=CSCN3)C=NCS2)N1. The van der Waals surface area contributed by atoms with Crippen LogP contribution in [0.15, 0.2) is 27.7 Å². The Bertz CT molecular complexity index is 345. The quantitative estimate of drug-likeness (QED) is 0.788. The van der Waals surface area contributed by atoms with Gasteiger partial charge in [0, 0.05) is 18.1 Å². The summed E-state index contributed by atoms with van der Waals surface area (Å²) in [6.07, 6.45) is 4.12. The second-order valence-corrected chi connectivity index (χ2v) is 6.48. The van der Waals surface area contributed by atoms with Gasteiger partial charge >= 0.3 is 0 Å². The van der Waals surface area contributed by atoms with Crippen molar-refractivity contribution in [2.75, 3.05) is 11.8 Å². The summed E-state index contributed by atoms with van der Waals surface area (Å²) >= 11 is 5.55. The standard InChI is InChI=1S/C9H11N3S3/c1-2-14-8(11-1)9(4-10-5-15-9)7-3-13-6-12-7/h1-4,8,11-12H,5-6H2. The van der Waals surface area contributed by atoms with Crippen LogP contribution < -0.4 is 10.6 Å². The minimum atomic E-state index is -0.00231. The molecule has 0 aromatic carbocycles. The van der Waals surface area contributed by atoms with E-state index >= 15 is 0 Å². The number of rotatable bonds is 2. The number of nitrogens with one attached hydrogen (secondary N) is 2. The van der Waals surface area contributed by atoms with Gasteiger partial charge in [0.25, 0.3) is 0 Å². The molecular formula is C9H11N3S3. The largest absolute Gasteiger partial charge is 0.377 e. The highest BCUT2D eigenvalue weighted by atomic mass is 32.2. The molecular weight excluding hydrogens is 246 g/mol. The minimum Gasteiger partial charge on any atom is -0.377 e. The maximum atomic E-state index is 4.39. The van der Waals surface area contributed by atoms with Gasteiger partial charge < -0.3 is 10.6 Å². The second-order valence-electron chi connectivity index (χ2n) is 3.38. The topological polar surface area (TPSA) is 36.4 Å². The molecule has 0 aromatic heterocycles. The lowest BCUT2D eigenvalue weighted by Gasteiger charge is -2.32. The van der Waals surface area contributed by atoms with Crippen molar-refractivity contribution in [2.45, 2.75) is 10.1 Å². The van der Waals surface area contributed by atoms with Crippen LogP contribution in [-0.2, 0) is 0 Å². The Morgan fingerprint density at radius 2 is 2.53 bits per heavy atom. The predicted molar refractivity (Wildman–Crippen MR) is 71.0 cm³/mol. The van der Waals surface area contributed by atoms with Gasteiger partial charge in [0.1, 0.15) is 10.1 Å². The molecule has 0 fully saturated rings. The monoisotopic (exact) mass is 257 g/mol. The lowest BCUT2D eigenvalue weighted by Crippen LogP contribution is -2.47. The molecule has 0 aliphatic carbocycles. The fourth-order valence-electron chi connectivity index (χ4n) is 1.81. The van der Waals surface area contributed by atoms with Gasteiger partial charge in [-0.2, -0.15) is 0 Å². The summed E-state index contributed by atoms with van der Waals surface area (Å²) < 4.78 is -0.00231. The first kappa shape index (κ1) is 9.99. The van der Waals surface area contributed by atoms with Gasteiger partial charge in [-0.25, -0.2) is 0 Å². The van der Waals surface area contributed by atoms with Gasteiger partial charge in [0.15, 0.2) is 0 Å². The van der Waals surface area contributed by atoms with Crippen LogP contribution in [0.5, 0.6) is 0 Å². The average Bonchev–Trinajstić information content (AvgIpc) is 3.02. The summed E-state index contributed by atoms with van der Waals surface area (Å²) in [6, 6.07) is 0. The zero-order chi connectivity index (χ0) is 10.1. The first-order valence-corrected chi connectivity index (χ1v) is 7.67. The zero-order valence-corrected chi connectivity index (χ0v) is 10.4. The Kier molecular flexibility index (Phi) is 2.66. The lowest BCUT2D eigenvalue weighted by molar-refractivity contribution is 0.702. The molecule has 2 atom stereocenters. The van der Waals surface area contributed by atoms with Crippen LogP contribution in [-0.4, -0.2) is 28.1 Å². The van der Waals surface area contributed by atoms with Crippen molar-refractivity contribution < 1.29 is 0 Å². The third kappa shape index (κ3) is 1.59. The van der Waals surface area contributed by atoms with Gasteiger partial charge in [0.05, 0.1) is 11.8 Å². The molecule has 0 bridgehead atoms. The molecule has 0 amide bonds. The molecule has 15 heavy (non-hydrogen) atoms. The van der Waals surface area contributed by atoms with Gasteiger partial charge in [-0.15, -0.1) is 35.3 Å². The van der Waals surface area contributed by atoms with Crippen molar-refractivity contribution in [1.82, 2.24) is 10.6 Å². The van der Waals surface area contributed by atoms with Gasteiger partial charge in [-0.1, -0.05) is 0 Å². The molecule has 0 saturated heterocycles. The van der Waals surface area contributed by atoms with Crippen LogP contribution in [0.4, 0.5) is 0 Å². The number of nitrogens with zero attached hydrogens (tertiary/aromatic N) is 1. The normalized spacial score (nSPS) is 37.9. The van der Waals surface area contributed by atoms with Gasteiger partial charge in [-0.3, -0.25) is 4.99 Å². The summed E-state index contributed by atoms with van der Waals surface area (Å²) in [6.45, 7) is 0. The molecule has 6 heteroatoms. The zero-order valence-electron chi connectivity index (χ0n) is 7.97. The van der Waals surface area contributed by atoms with Crippen molar-refractivity contribution in [1.29, 1.82) is 0 Å². The molecule has 2 N–H and O–H groups in total. The van der Waals surface area contributed by atoms with E-state index in [1.165, 1.54) is 5.70 Å². The molecule has 2 unspecified atom stereocenters. The molecule has 3 rings (SSSR count). The molecule has 0 spiro atoms. The third-order valence-corrected chi connectivity index (χ3v) is 5.80. The molecule has 0 aromatic rings. The maximum absolute atomic E-state index is 4.39. The second kappa shape index (κ2) is 3.99. The highest BCUT2D eigenvalue weighted by molar-refractivity contribution is 8.06. The van der Waals surface area contributed by atoms with E-state index in [9.17, 15) is 0 Å². The highest BCUT2D eigenvalue weighted by Gasteiger charge is 2.45. The Labute approximate surface area is 102 Å². The van der Waals surface area contributed by atoms with Crippen molar-refractivity contribution in [3.8, 4) is 0 Å². The van der Waals surface area contributed by atoms with E-state index in [0.29, 0.717) is 5.37 Å². The van der Waals surface area contributed by atoms with Crippen LogP contribution in [0.25, 0.3) is 0 Å². The van der Waals surface area contributed by atoms with Crippen LogP contribution in [0.3, 0.4) is 0 Å². The first-order valence-electron chi connectivity index (χ1n) is 4.69. The molecule has 3 aliphatic rings. The number of aliphatic imine (C=N–C) groups is 1. The van der Waals surface area contributed by atoms with Crippen LogP contribution in [0, 0.1) is 0 Å². The van der Waals surface area contributed by atoms with E-state index in [-0.39, 0.29) is 4.75 Å². The summed E-state index contributed by atoms with van der Waals surface area (Å²) in [7, 11) is 0. The number of thioether (sulfide) groups is 3. The van der Waals surface area contributed by atoms with Crippen LogP contribution in [0.1, 0.15) is 0 Å². The summed E-state index contributed by atoms with van der Waals surface area (Å²) in [5.74, 6) is 1.85. The van der Waals surface area contributed by atoms with E-state index < -0.39 is 0 Å². The maximum Gasteiger partial charge on any atom is 0.122 e. The van der Waals surface area contributed by atoms with E-state index in [0.717, 1.165) is 11.8 Å². The molecule has 0 radical (unpaired) electrons. The Morgan fingerprint density at radius 3 is 3.13 bits per heavy atom. The summed E-state index contributed by atoms with van der Waals surface area (Å²) in [4.78, 5) is 4.39. The Hall–Kier alpha value is -0.200. The third-order valence-electron chi connectivity index (χ3n) is 2.55. The molecule has 3 heterocycles. The van der Waals surface area contributed by atoms with Gasteiger partial charge in [-0.05, 0) is 10.8 Å². The van der Waals surface area contributed by atoms with Crippen molar-refractivity contribution in [3.63, 3.8) is 0 Å². The number of hydrogen-bond acceptors (Lipinski definition) is 6. The van der Waals surface area contributed by atoms with E-state index in [1.54, 1.807) is 0 Å². The van der Waals surface area contributed by atoms with E-state index in [2.05, 4.69) is 32.7 Å². The fraction of sp³-hybridized carbons (Fsp3) is 0.444. The first-order chi connectivity index (χ1) is 7.42. The van der Waals surface area contributed by atoms with Crippen molar-refractivity contribution >= 4 is 41.5 Å². The Morgan fingerprint density at radius 1 is 1.53 bits per heavy atom. The van der Waals surface area contributed by atoms with Gasteiger partial charge in [0.2, 0.25) is 0 Å². The van der Waals surface area contributed by atoms with E-state index in [4.69, 9.17) is 0 Å². The minimum absolute atomic E-state index is 0.00231. The van der Waals surface area contributed by atoms with E-state index in [1.807, 2.05) is 41.5 Å². The van der Waals surface area contributed by atoms with Crippen LogP contribution in [0.2, 0.25) is 0 Å². The molecule has 3 nitrogen and oxygen atoms in total. The average molecular weight is 257 g/mol. The lowest BCUT2D eigenvalue weighted by atomic mass is 10.1. The molecule has 0 saturated carbocycles. The number of hydrogen-bond donors (Lipinski definition) is 2. The fourth-order valence-corrected chi connectivity index (χ4v) is 4.90. The summed E-state index contributed by atoms with van der Waals surface area (Å²) in [5, 5.41) is 11.6. The predicted octanol–water partition coefficient (Wildman–Crippen LogP) is 1.77. The van der Waals surface area contributed by atoms with Crippen molar-refractivity contribution in [3.05, 3.63) is 22.7 Å². The highest BCUT2D eigenvalue weighted by Crippen LogP contribution is 2.45. The van der Waals surface area contributed by atoms with Crippen LogP contribution >= 0.6 is 35.3 Å². The summed E-state index contributed by atoms with van der Waals surface area (Å²) in [5.41, 5.74) is 1.30. The van der Waals surface area contributed by atoms with Crippen molar-refractivity contribution in [2.24, 2.45) is 4.99 Å².